The minimum Gasteiger partial charge on any atom is -0.353 e. The predicted molar refractivity (Wildman–Crippen MR) is 82.2 cm³/mol. The van der Waals surface area contributed by atoms with Crippen molar-refractivity contribution in [3.05, 3.63) is 0 Å². The van der Waals surface area contributed by atoms with Crippen molar-refractivity contribution in [3.63, 3.8) is 0 Å². The van der Waals surface area contributed by atoms with E-state index in [1.165, 1.54) is 0 Å². The van der Waals surface area contributed by atoms with Crippen molar-refractivity contribution in [1.82, 2.24) is 20.9 Å². The SMILES string of the molecule is CCN[C@H](C)CNC(=O)C(C)N1C(=O)NC2(CCCC2)C1=O. The van der Waals surface area contributed by atoms with Gasteiger partial charge in [-0.3, -0.25) is 9.59 Å². The van der Waals surface area contributed by atoms with Crippen molar-refractivity contribution in [2.75, 3.05) is 13.1 Å². The van der Waals surface area contributed by atoms with E-state index in [9.17, 15) is 14.4 Å². The fraction of sp³-hybridized carbons (Fsp3) is 0.800. The zero-order valence-corrected chi connectivity index (χ0v) is 13.6. The minimum absolute atomic E-state index is 0.144. The average molecular weight is 310 g/mol. The molecule has 1 aliphatic carbocycles. The van der Waals surface area contributed by atoms with E-state index in [0.717, 1.165) is 24.3 Å². The third kappa shape index (κ3) is 3.09. The van der Waals surface area contributed by atoms with Crippen LogP contribution in [0.2, 0.25) is 0 Å². The smallest absolute Gasteiger partial charge is 0.325 e. The number of hydrogen-bond acceptors (Lipinski definition) is 4. The molecule has 0 radical (unpaired) electrons. The van der Waals surface area contributed by atoms with Gasteiger partial charge in [0, 0.05) is 12.6 Å². The summed E-state index contributed by atoms with van der Waals surface area (Å²) in [5, 5.41) is 8.78. The quantitative estimate of drug-likeness (QED) is 0.618. The third-order valence-electron chi connectivity index (χ3n) is 4.55. The second-order valence-corrected chi connectivity index (χ2v) is 6.27. The molecule has 2 atom stereocenters. The lowest BCUT2D eigenvalue weighted by Crippen LogP contribution is -2.51. The Morgan fingerprint density at radius 3 is 2.55 bits per heavy atom. The molecule has 1 heterocycles. The Morgan fingerprint density at radius 2 is 1.95 bits per heavy atom. The molecule has 1 aliphatic heterocycles. The lowest BCUT2D eigenvalue weighted by molar-refractivity contribution is -0.137. The summed E-state index contributed by atoms with van der Waals surface area (Å²) < 4.78 is 0. The molecule has 4 amide bonds. The van der Waals surface area contributed by atoms with Crippen LogP contribution < -0.4 is 16.0 Å². The zero-order chi connectivity index (χ0) is 16.3. The van der Waals surface area contributed by atoms with Gasteiger partial charge in [0.15, 0.2) is 0 Å². The maximum atomic E-state index is 12.6. The largest absolute Gasteiger partial charge is 0.353 e. The van der Waals surface area contributed by atoms with Crippen LogP contribution in [0.5, 0.6) is 0 Å². The molecule has 2 rings (SSSR count). The number of urea groups is 1. The van der Waals surface area contributed by atoms with Gasteiger partial charge in [0.05, 0.1) is 0 Å². The average Bonchev–Trinajstić information content (AvgIpc) is 3.03. The van der Waals surface area contributed by atoms with Crippen molar-refractivity contribution < 1.29 is 14.4 Å². The molecule has 2 fully saturated rings. The lowest BCUT2D eigenvalue weighted by Gasteiger charge is -2.24. The first-order chi connectivity index (χ1) is 10.4. The normalized spacial score (nSPS) is 22.8. The van der Waals surface area contributed by atoms with Crippen molar-refractivity contribution in [1.29, 1.82) is 0 Å². The number of carbonyl (C=O) groups is 3. The third-order valence-corrected chi connectivity index (χ3v) is 4.55. The minimum atomic E-state index is -0.790. The molecule has 7 heteroatoms. The molecule has 124 valence electrons. The molecule has 3 N–H and O–H groups in total. The van der Waals surface area contributed by atoms with Crippen molar-refractivity contribution in [2.24, 2.45) is 0 Å². The highest BCUT2D eigenvalue weighted by Gasteiger charge is 2.54. The first-order valence-corrected chi connectivity index (χ1v) is 8.08. The van der Waals surface area contributed by atoms with Gasteiger partial charge in [0.25, 0.3) is 5.91 Å². The van der Waals surface area contributed by atoms with Crippen LogP contribution in [0.1, 0.15) is 46.5 Å². The second-order valence-electron chi connectivity index (χ2n) is 6.27. The van der Waals surface area contributed by atoms with Crippen molar-refractivity contribution in [2.45, 2.75) is 64.1 Å². The molecular formula is C15H26N4O3. The Labute approximate surface area is 131 Å². The van der Waals surface area contributed by atoms with Crippen molar-refractivity contribution in [3.8, 4) is 0 Å². The van der Waals surface area contributed by atoms with Crippen LogP contribution in [0, 0.1) is 0 Å². The van der Waals surface area contributed by atoms with E-state index in [4.69, 9.17) is 0 Å². The first kappa shape index (κ1) is 16.7. The van der Waals surface area contributed by atoms with Gasteiger partial charge >= 0.3 is 6.03 Å². The highest BCUT2D eigenvalue weighted by molar-refractivity contribution is 6.09. The topological polar surface area (TPSA) is 90.5 Å². The predicted octanol–water partition coefficient (Wildman–Crippen LogP) is 0.354. The number of imide groups is 1. The second kappa shape index (κ2) is 6.64. The summed E-state index contributed by atoms with van der Waals surface area (Å²) in [4.78, 5) is 38.0. The molecule has 0 bridgehead atoms. The van der Waals surface area contributed by atoms with Crippen LogP contribution in [0.4, 0.5) is 4.79 Å². The van der Waals surface area contributed by atoms with E-state index in [-0.39, 0.29) is 17.9 Å². The van der Waals surface area contributed by atoms with Crippen LogP contribution in [0.25, 0.3) is 0 Å². The Hall–Kier alpha value is -1.63. The standard InChI is InChI=1S/C15H26N4O3/c1-4-16-10(2)9-17-12(20)11(3)19-13(21)15(18-14(19)22)7-5-6-8-15/h10-11,16H,4-9H2,1-3H3,(H,17,20)(H,18,22)/t10-,11?/m1/s1. The van der Waals surface area contributed by atoms with E-state index >= 15 is 0 Å². The molecule has 1 saturated heterocycles. The molecule has 0 aromatic rings. The maximum absolute atomic E-state index is 12.6. The van der Waals surface area contributed by atoms with Gasteiger partial charge in [0.1, 0.15) is 11.6 Å². The Morgan fingerprint density at radius 1 is 1.32 bits per heavy atom. The van der Waals surface area contributed by atoms with Gasteiger partial charge in [-0.1, -0.05) is 19.8 Å². The number of likely N-dealkylation sites (N-methyl/N-ethyl adjacent to an activating group) is 1. The van der Waals surface area contributed by atoms with E-state index in [2.05, 4.69) is 16.0 Å². The number of rotatable bonds is 6. The lowest BCUT2D eigenvalue weighted by atomic mass is 9.97. The fourth-order valence-electron chi connectivity index (χ4n) is 3.25. The Kier molecular flexibility index (Phi) is 5.05. The molecule has 1 saturated carbocycles. The molecule has 0 aromatic carbocycles. The van der Waals surface area contributed by atoms with Crippen molar-refractivity contribution >= 4 is 17.8 Å². The van der Waals surface area contributed by atoms with E-state index in [1.54, 1.807) is 6.92 Å². The van der Waals surface area contributed by atoms with Crippen LogP contribution in [0.15, 0.2) is 0 Å². The van der Waals surface area contributed by atoms with Gasteiger partial charge in [-0.25, -0.2) is 9.69 Å². The summed E-state index contributed by atoms with van der Waals surface area (Å²) in [6.07, 6.45) is 3.20. The Balaban J connectivity index is 1.96. The molecule has 2 aliphatic rings. The van der Waals surface area contributed by atoms with Gasteiger partial charge < -0.3 is 16.0 Å². The first-order valence-electron chi connectivity index (χ1n) is 8.08. The number of carbonyl (C=O) groups excluding carboxylic acids is 3. The summed E-state index contributed by atoms with van der Waals surface area (Å²) in [7, 11) is 0. The molecule has 1 spiro atoms. The summed E-state index contributed by atoms with van der Waals surface area (Å²) in [5.41, 5.74) is -0.761. The molecule has 22 heavy (non-hydrogen) atoms. The number of nitrogens with zero attached hydrogens (tertiary/aromatic N) is 1. The highest BCUT2D eigenvalue weighted by atomic mass is 16.2. The van der Waals surface area contributed by atoms with Gasteiger partial charge in [-0.15, -0.1) is 0 Å². The number of hydrogen-bond donors (Lipinski definition) is 3. The molecular weight excluding hydrogens is 284 g/mol. The van der Waals surface area contributed by atoms with Gasteiger partial charge in [0.2, 0.25) is 5.91 Å². The zero-order valence-electron chi connectivity index (χ0n) is 13.6. The monoisotopic (exact) mass is 310 g/mol. The summed E-state index contributed by atoms with van der Waals surface area (Å²) in [5.74, 6) is -0.555. The van der Waals surface area contributed by atoms with E-state index in [1.807, 2.05) is 13.8 Å². The molecule has 1 unspecified atom stereocenters. The highest BCUT2D eigenvalue weighted by Crippen LogP contribution is 2.35. The van der Waals surface area contributed by atoms with E-state index < -0.39 is 17.6 Å². The van der Waals surface area contributed by atoms with Crippen LogP contribution in [-0.4, -0.2) is 53.5 Å². The van der Waals surface area contributed by atoms with Crippen LogP contribution >= 0.6 is 0 Å². The van der Waals surface area contributed by atoms with Crippen LogP contribution in [-0.2, 0) is 9.59 Å². The summed E-state index contributed by atoms with van der Waals surface area (Å²) in [6.45, 7) is 6.84. The van der Waals surface area contributed by atoms with Crippen LogP contribution in [0.3, 0.4) is 0 Å². The fourth-order valence-corrected chi connectivity index (χ4v) is 3.25. The summed E-state index contributed by atoms with van der Waals surface area (Å²) >= 11 is 0. The van der Waals surface area contributed by atoms with Gasteiger partial charge in [-0.05, 0) is 33.2 Å². The summed E-state index contributed by atoms with van der Waals surface area (Å²) in [6, 6.07) is -1.10. The number of nitrogens with one attached hydrogen (secondary N) is 3. The molecule has 0 aromatic heterocycles. The maximum Gasteiger partial charge on any atom is 0.325 e. The molecule has 7 nitrogen and oxygen atoms in total. The van der Waals surface area contributed by atoms with E-state index in [0.29, 0.717) is 19.4 Å². The Bertz CT molecular complexity index is 460. The van der Waals surface area contributed by atoms with Gasteiger partial charge in [-0.2, -0.15) is 0 Å². The number of amides is 4.